The van der Waals surface area contributed by atoms with Crippen molar-refractivity contribution in [3.63, 3.8) is 0 Å². The van der Waals surface area contributed by atoms with Gasteiger partial charge in [0.2, 0.25) is 5.91 Å². The number of nitrogens with one attached hydrogen (secondary N) is 1. The van der Waals surface area contributed by atoms with Gasteiger partial charge in [-0.2, -0.15) is 0 Å². The second-order valence-electron chi connectivity index (χ2n) is 5.67. The van der Waals surface area contributed by atoms with Gasteiger partial charge in [0.05, 0.1) is 12.7 Å². The third kappa shape index (κ3) is 1.94. The Morgan fingerprint density at radius 1 is 1.61 bits per heavy atom. The molecule has 3 N–H and O–H groups in total. The summed E-state index contributed by atoms with van der Waals surface area (Å²) in [7, 11) is 0. The third-order valence-electron chi connectivity index (χ3n) is 4.67. The standard InChI is InChI=1S/C13H22N3O2/c14-12(17)13-4-1-2-10(3-5-13)16(13)9-11-8-15-6-7-18-11/h1,10-11,15H,2-9H2,(H2,14,17)/t10-,11?,13+/m1/s1. The van der Waals surface area contributed by atoms with E-state index < -0.39 is 5.54 Å². The van der Waals surface area contributed by atoms with Gasteiger partial charge in [-0.15, -0.1) is 0 Å². The second kappa shape index (κ2) is 4.79. The van der Waals surface area contributed by atoms with Crippen LogP contribution in [0.1, 0.15) is 25.7 Å². The van der Waals surface area contributed by atoms with E-state index in [4.69, 9.17) is 10.5 Å². The highest BCUT2D eigenvalue weighted by Crippen LogP contribution is 2.43. The molecule has 1 unspecified atom stereocenters. The number of amides is 1. The summed E-state index contributed by atoms with van der Waals surface area (Å²) in [4.78, 5) is 14.2. The zero-order valence-electron chi connectivity index (χ0n) is 10.7. The minimum absolute atomic E-state index is 0.162. The Kier molecular flexibility index (Phi) is 3.30. The van der Waals surface area contributed by atoms with Gasteiger partial charge in [-0.1, -0.05) is 0 Å². The molecule has 3 heterocycles. The number of nitrogens with two attached hydrogens (primary N) is 1. The molecule has 3 aliphatic rings. The Bertz CT molecular complexity index is 326. The molecule has 5 heteroatoms. The maximum atomic E-state index is 11.9. The zero-order chi connectivity index (χ0) is 12.6. The fourth-order valence-electron chi connectivity index (χ4n) is 3.68. The SMILES string of the molecule is NC(=O)[C@]12C[CH]C[C@H](CC1)N2CC1CNCCO1. The summed E-state index contributed by atoms with van der Waals surface area (Å²) in [6.07, 6.45) is 6.30. The van der Waals surface area contributed by atoms with E-state index in [1.54, 1.807) is 0 Å². The number of fused-ring (bicyclic) bond motifs is 2. The first-order chi connectivity index (χ1) is 8.72. The lowest BCUT2D eigenvalue weighted by atomic mass is 9.87. The van der Waals surface area contributed by atoms with Gasteiger partial charge in [0.25, 0.3) is 0 Å². The smallest absolute Gasteiger partial charge is 0.237 e. The van der Waals surface area contributed by atoms with Crippen molar-refractivity contribution in [3.05, 3.63) is 6.42 Å². The number of ether oxygens (including phenoxy) is 1. The van der Waals surface area contributed by atoms with E-state index in [0.29, 0.717) is 6.04 Å². The van der Waals surface area contributed by atoms with Gasteiger partial charge in [0.15, 0.2) is 0 Å². The molecule has 3 saturated heterocycles. The average molecular weight is 252 g/mol. The van der Waals surface area contributed by atoms with Crippen molar-refractivity contribution in [2.24, 2.45) is 5.73 Å². The summed E-state index contributed by atoms with van der Waals surface area (Å²) in [5.41, 5.74) is 5.25. The van der Waals surface area contributed by atoms with Crippen LogP contribution in [0.15, 0.2) is 0 Å². The molecule has 1 radical (unpaired) electrons. The minimum Gasteiger partial charge on any atom is -0.374 e. The van der Waals surface area contributed by atoms with Crippen LogP contribution >= 0.6 is 0 Å². The molecule has 0 aromatic rings. The summed E-state index contributed by atoms with van der Waals surface area (Å²) in [5, 5.41) is 3.34. The Hall–Kier alpha value is -0.650. The molecule has 3 fully saturated rings. The first-order valence-electron chi connectivity index (χ1n) is 6.93. The highest BCUT2D eigenvalue weighted by Gasteiger charge is 2.53. The van der Waals surface area contributed by atoms with E-state index in [1.807, 2.05) is 0 Å². The van der Waals surface area contributed by atoms with E-state index in [1.165, 1.54) is 0 Å². The molecule has 0 aliphatic carbocycles. The molecule has 3 rings (SSSR count). The van der Waals surface area contributed by atoms with E-state index in [2.05, 4.69) is 16.6 Å². The second-order valence-corrected chi connectivity index (χ2v) is 5.67. The summed E-state index contributed by atoms with van der Waals surface area (Å²) in [6, 6.07) is 0.483. The fourth-order valence-corrected chi connectivity index (χ4v) is 3.68. The molecule has 101 valence electrons. The number of hydrogen-bond donors (Lipinski definition) is 2. The fraction of sp³-hybridized carbons (Fsp3) is 0.846. The Morgan fingerprint density at radius 3 is 3.22 bits per heavy atom. The average Bonchev–Trinajstić information content (AvgIpc) is 2.60. The van der Waals surface area contributed by atoms with Gasteiger partial charge in [0.1, 0.15) is 5.54 Å². The van der Waals surface area contributed by atoms with Crippen molar-refractivity contribution < 1.29 is 9.53 Å². The van der Waals surface area contributed by atoms with E-state index in [0.717, 1.165) is 51.9 Å². The maximum Gasteiger partial charge on any atom is 0.237 e. The summed E-state index contributed by atoms with van der Waals surface area (Å²) in [6.45, 7) is 3.39. The number of morpholine rings is 1. The van der Waals surface area contributed by atoms with Crippen LogP contribution in [-0.4, -0.2) is 54.7 Å². The third-order valence-corrected chi connectivity index (χ3v) is 4.67. The van der Waals surface area contributed by atoms with Crippen molar-refractivity contribution in [1.29, 1.82) is 0 Å². The molecule has 0 aromatic heterocycles. The van der Waals surface area contributed by atoms with Crippen LogP contribution in [0.3, 0.4) is 0 Å². The molecule has 2 bridgehead atoms. The lowest BCUT2D eigenvalue weighted by Gasteiger charge is -2.44. The molecule has 18 heavy (non-hydrogen) atoms. The lowest BCUT2D eigenvalue weighted by Crippen LogP contribution is -2.61. The first-order valence-corrected chi connectivity index (χ1v) is 6.93. The van der Waals surface area contributed by atoms with Crippen LogP contribution in [0.4, 0.5) is 0 Å². The number of nitrogens with zero attached hydrogens (tertiary/aromatic N) is 1. The van der Waals surface area contributed by atoms with Gasteiger partial charge in [0, 0.05) is 25.7 Å². The van der Waals surface area contributed by atoms with Crippen molar-refractivity contribution in [3.8, 4) is 0 Å². The largest absolute Gasteiger partial charge is 0.374 e. The summed E-state index contributed by atoms with van der Waals surface area (Å²) < 4.78 is 5.76. The molecular weight excluding hydrogens is 230 g/mol. The quantitative estimate of drug-likeness (QED) is 0.721. The Labute approximate surface area is 108 Å². The van der Waals surface area contributed by atoms with E-state index in [9.17, 15) is 4.79 Å². The predicted octanol–water partition coefficient (Wildman–Crippen LogP) is -0.339. The van der Waals surface area contributed by atoms with Crippen LogP contribution in [0, 0.1) is 6.42 Å². The van der Waals surface area contributed by atoms with Crippen LogP contribution < -0.4 is 11.1 Å². The van der Waals surface area contributed by atoms with Crippen molar-refractivity contribution in [2.75, 3.05) is 26.2 Å². The van der Waals surface area contributed by atoms with Crippen LogP contribution in [0.2, 0.25) is 0 Å². The van der Waals surface area contributed by atoms with Gasteiger partial charge in [-0.05, 0) is 32.1 Å². The molecule has 5 nitrogen and oxygen atoms in total. The van der Waals surface area contributed by atoms with Crippen molar-refractivity contribution in [1.82, 2.24) is 10.2 Å². The van der Waals surface area contributed by atoms with Gasteiger partial charge < -0.3 is 15.8 Å². The predicted molar refractivity (Wildman–Crippen MR) is 67.8 cm³/mol. The molecule has 0 saturated carbocycles. The first kappa shape index (κ1) is 12.4. The number of rotatable bonds is 3. The lowest BCUT2D eigenvalue weighted by molar-refractivity contribution is -0.132. The molecule has 3 aliphatic heterocycles. The topological polar surface area (TPSA) is 67.6 Å². The Morgan fingerprint density at radius 2 is 2.50 bits per heavy atom. The number of hydrogen-bond acceptors (Lipinski definition) is 4. The molecule has 0 aromatic carbocycles. The highest BCUT2D eigenvalue weighted by molar-refractivity contribution is 5.85. The van der Waals surface area contributed by atoms with Crippen LogP contribution in [0.5, 0.6) is 0 Å². The van der Waals surface area contributed by atoms with E-state index in [-0.39, 0.29) is 12.0 Å². The van der Waals surface area contributed by atoms with Gasteiger partial charge in [-0.25, -0.2) is 0 Å². The molecule has 0 spiro atoms. The van der Waals surface area contributed by atoms with Crippen LogP contribution in [0.25, 0.3) is 0 Å². The highest BCUT2D eigenvalue weighted by atomic mass is 16.5. The summed E-state index contributed by atoms with van der Waals surface area (Å²) >= 11 is 0. The van der Waals surface area contributed by atoms with Gasteiger partial charge in [-0.3, -0.25) is 9.69 Å². The van der Waals surface area contributed by atoms with Crippen LogP contribution in [-0.2, 0) is 9.53 Å². The molecule has 3 atom stereocenters. The summed E-state index contributed by atoms with van der Waals surface area (Å²) in [5.74, 6) is -0.162. The minimum atomic E-state index is -0.427. The maximum absolute atomic E-state index is 11.9. The number of carbonyl (C=O) groups excluding carboxylic acids is 1. The Balaban J connectivity index is 1.74. The molecular formula is C13H22N3O2. The van der Waals surface area contributed by atoms with Gasteiger partial charge >= 0.3 is 0 Å². The number of primary amides is 1. The monoisotopic (exact) mass is 252 g/mol. The molecule has 1 amide bonds. The van der Waals surface area contributed by atoms with Crippen molar-refractivity contribution in [2.45, 2.75) is 43.4 Å². The number of piperidine rings is 1. The zero-order valence-corrected chi connectivity index (χ0v) is 10.7. The van der Waals surface area contributed by atoms with E-state index >= 15 is 0 Å². The number of carbonyl (C=O) groups is 1. The van der Waals surface area contributed by atoms with Crippen molar-refractivity contribution >= 4 is 5.91 Å². The normalized spacial score (nSPS) is 40.9.